The molecule has 1 aromatic carbocycles. The molecule has 132 valence electrons. The van der Waals surface area contributed by atoms with E-state index >= 15 is 0 Å². The number of benzene rings is 1. The van der Waals surface area contributed by atoms with Crippen molar-refractivity contribution < 1.29 is 14.6 Å². The Morgan fingerprint density at radius 1 is 1.19 bits per heavy atom. The van der Waals surface area contributed by atoms with E-state index in [1.807, 2.05) is 41.1 Å². The van der Waals surface area contributed by atoms with E-state index < -0.39 is 0 Å². The first-order valence-corrected chi connectivity index (χ1v) is 9.79. The first-order valence-electron chi connectivity index (χ1n) is 8.03. The third-order valence-corrected chi connectivity index (χ3v) is 6.04. The van der Waals surface area contributed by atoms with Crippen molar-refractivity contribution in [1.82, 2.24) is 5.01 Å². The Morgan fingerprint density at radius 3 is 2.69 bits per heavy atom. The number of ether oxygens (including phenoxy) is 1. The van der Waals surface area contributed by atoms with Crippen molar-refractivity contribution in [3.05, 3.63) is 68.5 Å². The molecule has 1 N–H and O–H groups in total. The van der Waals surface area contributed by atoms with Crippen LogP contribution in [0.5, 0.6) is 11.5 Å². The van der Waals surface area contributed by atoms with E-state index in [1.54, 1.807) is 23.5 Å². The van der Waals surface area contributed by atoms with Gasteiger partial charge in [0.05, 0.1) is 28.6 Å². The van der Waals surface area contributed by atoms with Crippen LogP contribution in [0.2, 0.25) is 0 Å². The molecule has 1 amide bonds. The van der Waals surface area contributed by atoms with Crippen molar-refractivity contribution in [2.45, 2.75) is 12.5 Å². The molecule has 0 spiro atoms. The molecule has 3 heterocycles. The fourth-order valence-corrected chi connectivity index (χ4v) is 4.39. The van der Waals surface area contributed by atoms with Crippen LogP contribution in [0.3, 0.4) is 0 Å². The minimum absolute atomic E-state index is 0.0478. The van der Waals surface area contributed by atoms with Crippen molar-refractivity contribution in [2.75, 3.05) is 7.11 Å². The van der Waals surface area contributed by atoms with Gasteiger partial charge in [-0.1, -0.05) is 24.3 Å². The highest BCUT2D eigenvalue weighted by Gasteiger charge is 2.36. The van der Waals surface area contributed by atoms with Gasteiger partial charge in [0.2, 0.25) is 0 Å². The number of phenolic OH excluding ortho intramolecular Hbond substituents is 1. The summed E-state index contributed by atoms with van der Waals surface area (Å²) in [6, 6.07) is 12.5. The highest BCUT2D eigenvalue weighted by Crippen LogP contribution is 2.42. The van der Waals surface area contributed by atoms with E-state index in [0.717, 1.165) is 10.6 Å². The minimum Gasteiger partial charge on any atom is -0.504 e. The summed E-state index contributed by atoms with van der Waals surface area (Å²) in [5, 5.41) is 20.5. The maximum atomic E-state index is 13.0. The van der Waals surface area contributed by atoms with E-state index in [4.69, 9.17) is 4.74 Å². The average Bonchev–Trinajstić information content (AvgIpc) is 3.42. The number of aromatic hydroxyl groups is 1. The maximum Gasteiger partial charge on any atom is 0.284 e. The van der Waals surface area contributed by atoms with Crippen LogP contribution < -0.4 is 4.74 Å². The van der Waals surface area contributed by atoms with Crippen molar-refractivity contribution in [2.24, 2.45) is 5.10 Å². The van der Waals surface area contributed by atoms with Crippen LogP contribution in [0.25, 0.3) is 0 Å². The maximum absolute atomic E-state index is 13.0. The number of amides is 1. The van der Waals surface area contributed by atoms with Crippen LogP contribution in [0.15, 0.2) is 58.3 Å². The average molecular weight is 384 g/mol. The summed E-state index contributed by atoms with van der Waals surface area (Å²) in [4.78, 5) is 14.6. The number of thiophene rings is 2. The quantitative estimate of drug-likeness (QED) is 0.720. The van der Waals surface area contributed by atoms with Gasteiger partial charge < -0.3 is 9.84 Å². The molecule has 4 rings (SSSR count). The summed E-state index contributed by atoms with van der Waals surface area (Å²) in [5.74, 6) is 0.265. The zero-order chi connectivity index (χ0) is 18.1. The number of hydrogen-bond acceptors (Lipinski definition) is 6. The molecule has 3 aromatic rings. The molecule has 1 aliphatic heterocycles. The SMILES string of the molecule is COc1cccc(C2CC(c3cccs3)=NN2C(=O)c2cccs2)c1O. The molecular weight excluding hydrogens is 368 g/mol. The van der Waals surface area contributed by atoms with Gasteiger partial charge in [-0.25, -0.2) is 5.01 Å². The van der Waals surface area contributed by atoms with Gasteiger partial charge in [0, 0.05) is 12.0 Å². The fraction of sp³-hybridized carbons (Fsp3) is 0.158. The second-order valence-electron chi connectivity index (χ2n) is 5.77. The molecule has 0 bridgehead atoms. The smallest absolute Gasteiger partial charge is 0.284 e. The number of phenols is 1. The Bertz CT molecular complexity index is 949. The molecule has 26 heavy (non-hydrogen) atoms. The second-order valence-corrected chi connectivity index (χ2v) is 7.66. The van der Waals surface area contributed by atoms with Gasteiger partial charge in [-0.05, 0) is 29.0 Å². The highest BCUT2D eigenvalue weighted by molar-refractivity contribution is 7.12. The molecule has 1 atom stereocenters. The molecule has 0 saturated carbocycles. The summed E-state index contributed by atoms with van der Waals surface area (Å²) in [5.41, 5.74) is 1.47. The summed E-state index contributed by atoms with van der Waals surface area (Å²) >= 11 is 2.97. The third kappa shape index (κ3) is 2.89. The fourth-order valence-electron chi connectivity index (χ4n) is 3.02. The van der Waals surface area contributed by atoms with Gasteiger partial charge in [0.15, 0.2) is 11.5 Å². The minimum atomic E-state index is -0.378. The molecule has 0 aliphatic carbocycles. The van der Waals surface area contributed by atoms with Crippen molar-refractivity contribution in [3.8, 4) is 11.5 Å². The number of rotatable bonds is 4. The predicted octanol–water partition coefficient (Wildman–Crippen LogP) is 4.52. The second kappa shape index (κ2) is 6.93. The van der Waals surface area contributed by atoms with Gasteiger partial charge in [0.1, 0.15) is 0 Å². The van der Waals surface area contributed by atoms with Crippen LogP contribution in [0, 0.1) is 0 Å². The molecule has 0 radical (unpaired) electrons. The normalized spacial score (nSPS) is 16.6. The number of hydrogen-bond donors (Lipinski definition) is 1. The molecule has 7 heteroatoms. The molecule has 0 saturated heterocycles. The van der Waals surface area contributed by atoms with Crippen LogP contribution in [0.1, 0.15) is 32.6 Å². The van der Waals surface area contributed by atoms with Gasteiger partial charge in [-0.3, -0.25) is 4.79 Å². The van der Waals surface area contributed by atoms with E-state index in [-0.39, 0.29) is 17.7 Å². The van der Waals surface area contributed by atoms with Crippen molar-refractivity contribution in [1.29, 1.82) is 0 Å². The lowest BCUT2D eigenvalue weighted by atomic mass is 9.99. The van der Waals surface area contributed by atoms with Crippen LogP contribution >= 0.6 is 22.7 Å². The summed E-state index contributed by atoms with van der Waals surface area (Å²) in [6.07, 6.45) is 0.540. The number of methoxy groups -OCH3 is 1. The van der Waals surface area contributed by atoms with Crippen molar-refractivity contribution >= 4 is 34.3 Å². The molecule has 5 nitrogen and oxygen atoms in total. The number of carbonyl (C=O) groups is 1. The zero-order valence-corrected chi connectivity index (χ0v) is 15.6. The number of hydrazone groups is 1. The molecule has 2 aromatic heterocycles. The lowest BCUT2D eigenvalue weighted by molar-refractivity contribution is 0.0714. The molecular formula is C19H16N2O3S2. The topological polar surface area (TPSA) is 62.1 Å². The van der Waals surface area contributed by atoms with Gasteiger partial charge >= 0.3 is 0 Å². The molecule has 1 unspecified atom stereocenters. The largest absolute Gasteiger partial charge is 0.504 e. The predicted molar refractivity (Wildman–Crippen MR) is 103 cm³/mol. The molecule has 0 fully saturated rings. The van der Waals surface area contributed by atoms with Crippen LogP contribution in [0.4, 0.5) is 0 Å². The Kier molecular flexibility index (Phi) is 4.48. The van der Waals surface area contributed by atoms with E-state index in [1.165, 1.54) is 23.5 Å². The monoisotopic (exact) mass is 384 g/mol. The number of carbonyl (C=O) groups excluding carboxylic acids is 1. The van der Waals surface area contributed by atoms with E-state index in [0.29, 0.717) is 22.6 Å². The standard InChI is InChI=1S/C19H16N2O3S2/c1-24-15-6-2-5-12(18(15)22)14-11-13(16-7-3-9-25-16)20-21(14)19(23)17-8-4-10-26-17/h2-10,14,22H,11H2,1H3. The van der Waals surface area contributed by atoms with Crippen LogP contribution in [-0.2, 0) is 0 Å². The van der Waals surface area contributed by atoms with Gasteiger partial charge in [-0.15, -0.1) is 22.7 Å². The zero-order valence-electron chi connectivity index (χ0n) is 14.0. The van der Waals surface area contributed by atoms with Gasteiger partial charge in [0.25, 0.3) is 5.91 Å². The van der Waals surface area contributed by atoms with Crippen molar-refractivity contribution in [3.63, 3.8) is 0 Å². The van der Waals surface area contributed by atoms with E-state index in [9.17, 15) is 9.90 Å². The Balaban J connectivity index is 1.76. The van der Waals surface area contributed by atoms with Gasteiger partial charge in [-0.2, -0.15) is 5.10 Å². The highest BCUT2D eigenvalue weighted by atomic mass is 32.1. The summed E-state index contributed by atoms with van der Waals surface area (Å²) < 4.78 is 5.23. The Morgan fingerprint density at radius 2 is 2.00 bits per heavy atom. The third-order valence-electron chi connectivity index (χ3n) is 4.27. The molecule has 1 aliphatic rings. The number of nitrogens with zero attached hydrogens (tertiary/aromatic N) is 2. The Hall–Kier alpha value is -2.64. The summed E-state index contributed by atoms with van der Waals surface area (Å²) in [7, 11) is 1.51. The van der Waals surface area contributed by atoms with E-state index in [2.05, 4.69) is 5.10 Å². The first kappa shape index (κ1) is 16.8. The Labute approximate surface area is 158 Å². The lowest BCUT2D eigenvalue weighted by Crippen LogP contribution is -2.26. The summed E-state index contributed by atoms with van der Waals surface area (Å²) in [6.45, 7) is 0. The lowest BCUT2D eigenvalue weighted by Gasteiger charge is -2.22. The van der Waals surface area contributed by atoms with Crippen LogP contribution in [-0.4, -0.2) is 28.8 Å². The number of para-hydroxylation sites is 1. The first-order chi connectivity index (χ1) is 12.7.